The number of hydrogen-bond donors (Lipinski definition) is 3. The van der Waals surface area contributed by atoms with Crippen molar-refractivity contribution in [2.24, 2.45) is 10.9 Å². The lowest BCUT2D eigenvalue weighted by Crippen LogP contribution is -2.53. The van der Waals surface area contributed by atoms with Crippen molar-refractivity contribution in [3.63, 3.8) is 0 Å². The van der Waals surface area contributed by atoms with E-state index >= 15 is 0 Å². The van der Waals surface area contributed by atoms with Gasteiger partial charge in [0.2, 0.25) is 5.91 Å². The van der Waals surface area contributed by atoms with Crippen molar-refractivity contribution in [2.75, 3.05) is 26.2 Å². The summed E-state index contributed by atoms with van der Waals surface area (Å²) in [7, 11) is 0. The SMILES string of the molecule is CCNC(=NCC(CC)(CC)NC(=O)OC(C)(C)C)NC1CCN(C(=O)C(C)C)CC1. The fraction of sp³-hybridized carbons (Fsp3) is 0.870. The van der Waals surface area contributed by atoms with E-state index in [-0.39, 0.29) is 17.9 Å². The minimum atomic E-state index is -0.539. The van der Waals surface area contributed by atoms with Gasteiger partial charge in [-0.15, -0.1) is 0 Å². The smallest absolute Gasteiger partial charge is 0.408 e. The summed E-state index contributed by atoms with van der Waals surface area (Å²) >= 11 is 0. The average molecular weight is 440 g/mol. The lowest BCUT2D eigenvalue weighted by molar-refractivity contribution is -0.135. The number of carbonyl (C=O) groups excluding carboxylic acids is 2. The zero-order valence-corrected chi connectivity index (χ0v) is 20.9. The lowest BCUT2D eigenvalue weighted by Gasteiger charge is -2.35. The summed E-state index contributed by atoms with van der Waals surface area (Å²) < 4.78 is 5.46. The van der Waals surface area contributed by atoms with Crippen molar-refractivity contribution in [2.45, 2.75) is 98.3 Å². The summed E-state index contributed by atoms with van der Waals surface area (Å²) in [6, 6.07) is 0.269. The predicted octanol–water partition coefficient (Wildman–Crippen LogP) is 3.27. The topological polar surface area (TPSA) is 95.1 Å². The summed E-state index contributed by atoms with van der Waals surface area (Å²) in [5.74, 6) is 1.01. The van der Waals surface area contributed by atoms with Gasteiger partial charge in [-0.2, -0.15) is 0 Å². The van der Waals surface area contributed by atoms with Crippen LogP contribution >= 0.6 is 0 Å². The van der Waals surface area contributed by atoms with Crippen molar-refractivity contribution in [1.82, 2.24) is 20.9 Å². The molecule has 1 aliphatic heterocycles. The second kappa shape index (κ2) is 12.2. The van der Waals surface area contributed by atoms with Gasteiger partial charge in [0.25, 0.3) is 0 Å². The minimum absolute atomic E-state index is 0.0390. The van der Waals surface area contributed by atoms with Crippen molar-refractivity contribution in [3.8, 4) is 0 Å². The first-order valence-corrected chi connectivity index (χ1v) is 11.8. The van der Waals surface area contributed by atoms with E-state index < -0.39 is 17.2 Å². The third-order valence-corrected chi connectivity index (χ3v) is 5.65. The van der Waals surface area contributed by atoms with E-state index in [0.29, 0.717) is 6.54 Å². The van der Waals surface area contributed by atoms with Crippen LogP contribution < -0.4 is 16.0 Å². The van der Waals surface area contributed by atoms with E-state index in [1.165, 1.54) is 0 Å². The molecular formula is C23H45N5O3. The Hall–Kier alpha value is -1.99. The minimum Gasteiger partial charge on any atom is -0.444 e. The quantitative estimate of drug-likeness (QED) is 0.399. The largest absolute Gasteiger partial charge is 0.444 e. The molecule has 0 spiro atoms. The summed E-state index contributed by atoms with van der Waals surface area (Å²) in [4.78, 5) is 31.3. The first-order chi connectivity index (χ1) is 14.4. The first kappa shape index (κ1) is 27.0. The van der Waals surface area contributed by atoms with Gasteiger partial charge in [-0.1, -0.05) is 27.7 Å². The molecule has 1 saturated heterocycles. The number of likely N-dealkylation sites (tertiary alicyclic amines) is 1. The fourth-order valence-electron chi connectivity index (χ4n) is 3.56. The number of guanidine groups is 1. The van der Waals surface area contributed by atoms with Crippen LogP contribution in [0.4, 0.5) is 4.79 Å². The maximum Gasteiger partial charge on any atom is 0.408 e. The molecule has 0 aromatic carbocycles. The molecule has 0 aromatic heterocycles. The first-order valence-electron chi connectivity index (χ1n) is 11.8. The molecule has 1 rings (SSSR count). The van der Waals surface area contributed by atoms with Gasteiger partial charge in [0, 0.05) is 31.6 Å². The third kappa shape index (κ3) is 9.35. The molecule has 0 saturated carbocycles. The molecule has 0 radical (unpaired) electrons. The fourth-order valence-corrected chi connectivity index (χ4v) is 3.56. The normalized spacial score (nSPS) is 16.3. The molecule has 8 nitrogen and oxygen atoms in total. The second-order valence-corrected chi connectivity index (χ2v) is 9.71. The van der Waals surface area contributed by atoms with Crippen molar-refractivity contribution >= 4 is 18.0 Å². The van der Waals surface area contributed by atoms with E-state index in [0.717, 1.165) is 51.3 Å². The molecule has 0 aromatic rings. The molecule has 2 amide bonds. The third-order valence-electron chi connectivity index (χ3n) is 5.65. The highest BCUT2D eigenvalue weighted by molar-refractivity contribution is 5.80. The van der Waals surface area contributed by atoms with Gasteiger partial charge in [0.1, 0.15) is 5.60 Å². The average Bonchev–Trinajstić information content (AvgIpc) is 2.69. The van der Waals surface area contributed by atoms with E-state index in [2.05, 4.69) is 29.8 Å². The number of alkyl carbamates (subject to hydrolysis) is 1. The Morgan fingerprint density at radius 2 is 1.68 bits per heavy atom. The number of piperidine rings is 1. The van der Waals surface area contributed by atoms with Gasteiger partial charge in [0.05, 0.1) is 12.1 Å². The highest BCUT2D eigenvalue weighted by atomic mass is 16.6. The molecule has 0 bridgehead atoms. The molecule has 3 N–H and O–H groups in total. The van der Waals surface area contributed by atoms with Crippen LogP contribution in [0.2, 0.25) is 0 Å². The molecule has 0 unspecified atom stereocenters. The molecule has 31 heavy (non-hydrogen) atoms. The van der Waals surface area contributed by atoms with Gasteiger partial charge in [-0.25, -0.2) is 4.79 Å². The monoisotopic (exact) mass is 439 g/mol. The molecule has 8 heteroatoms. The Bertz CT molecular complexity index is 601. The van der Waals surface area contributed by atoms with Crippen LogP contribution in [-0.2, 0) is 9.53 Å². The molecular weight excluding hydrogens is 394 g/mol. The Balaban J connectivity index is 2.76. The highest BCUT2D eigenvalue weighted by Crippen LogP contribution is 2.18. The Morgan fingerprint density at radius 1 is 1.10 bits per heavy atom. The number of amides is 2. The van der Waals surface area contributed by atoms with Crippen LogP contribution in [0.15, 0.2) is 4.99 Å². The van der Waals surface area contributed by atoms with Gasteiger partial charge >= 0.3 is 6.09 Å². The molecule has 1 fully saturated rings. The lowest BCUT2D eigenvalue weighted by atomic mass is 9.93. The Morgan fingerprint density at radius 3 is 2.13 bits per heavy atom. The Kier molecular flexibility index (Phi) is 10.6. The van der Waals surface area contributed by atoms with Crippen molar-refractivity contribution in [3.05, 3.63) is 0 Å². The Labute approximate surface area is 189 Å². The summed E-state index contributed by atoms with van der Waals surface area (Å²) in [6.07, 6.45) is 2.88. The molecule has 0 aliphatic carbocycles. The van der Waals surface area contributed by atoms with Crippen LogP contribution in [-0.4, -0.2) is 66.2 Å². The van der Waals surface area contributed by atoms with Crippen molar-refractivity contribution < 1.29 is 14.3 Å². The van der Waals surface area contributed by atoms with Crippen molar-refractivity contribution in [1.29, 1.82) is 0 Å². The number of nitrogens with zero attached hydrogens (tertiary/aromatic N) is 2. The maximum atomic E-state index is 12.4. The number of hydrogen-bond acceptors (Lipinski definition) is 4. The number of rotatable bonds is 8. The number of ether oxygens (including phenoxy) is 1. The predicted molar refractivity (Wildman–Crippen MR) is 126 cm³/mol. The summed E-state index contributed by atoms with van der Waals surface area (Å²) in [5.41, 5.74) is -0.999. The van der Waals surface area contributed by atoms with Crippen LogP contribution in [0.25, 0.3) is 0 Å². The molecule has 1 heterocycles. The van der Waals surface area contributed by atoms with Gasteiger partial charge in [-0.3, -0.25) is 9.79 Å². The van der Waals surface area contributed by atoms with E-state index in [1.807, 2.05) is 46.4 Å². The van der Waals surface area contributed by atoms with Gasteiger partial charge in [0.15, 0.2) is 5.96 Å². The number of aliphatic imine (C=N–C) groups is 1. The second-order valence-electron chi connectivity index (χ2n) is 9.71. The van der Waals surface area contributed by atoms with Crippen LogP contribution in [0.3, 0.4) is 0 Å². The molecule has 0 atom stereocenters. The summed E-state index contributed by atoms with van der Waals surface area (Å²) in [5, 5.41) is 9.87. The van der Waals surface area contributed by atoms with E-state index in [1.54, 1.807) is 0 Å². The van der Waals surface area contributed by atoms with Gasteiger partial charge in [-0.05, 0) is 53.4 Å². The van der Waals surface area contributed by atoms with Crippen LogP contribution in [0, 0.1) is 5.92 Å². The van der Waals surface area contributed by atoms with Crippen LogP contribution in [0.1, 0.15) is 81.1 Å². The number of nitrogens with one attached hydrogen (secondary N) is 3. The van der Waals surface area contributed by atoms with Crippen LogP contribution in [0.5, 0.6) is 0 Å². The zero-order valence-electron chi connectivity index (χ0n) is 20.9. The highest BCUT2D eigenvalue weighted by Gasteiger charge is 2.31. The standard InChI is InChI=1S/C23H45N5O3/c1-9-23(10-2,27-21(30)31-22(6,7)8)16-25-20(24-11-3)26-18-12-14-28(15-13-18)19(29)17(4)5/h17-18H,9-16H2,1-8H3,(H,27,30)(H2,24,25,26). The number of carbonyl (C=O) groups is 2. The van der Waals surface area contributed by atoms with E-state index in [4.69, 9.17) is 9.73 Å². The molecule has 1 aliphatic rings. The van der Waals surface area contributed by atoms with E-state index in [9.17, 15) is 9.59 Å². The molecule has 180 valence electrons. The maximum absolute atomic E-state index is 12.4. The van der Waals surface area contributed by atoms with Gasteiger partial charge < -0.3 is 25.6 Å². The summed E-state index contributed by atoms with van der Waals surface area (Å²) in [6.45, 7) is 18.4. The zero-order chi connectivity index (χ0) is 23.7.